The summed E-state index contributed by atoms with van der Waals surface area (Å²) in [5, 5.41) is 8.88. The molecule has 1 atom stereocenters. The van der Waals surface area contributed by atoms with Crippen molar-refractivity contribution in [1.29, 1.82) is 0 Å². The van der Waals surface area contributed by atoms with Crippen LogP contribution in [-0.4, -0.2) is 35.7 Å². The summed E-state index contributed by atoms with van der Waals surface area (Å²) in [4.78, 5) is 17.1. The van der Waals surface area contributed by atoms with Gasteiger partial charge >= 0.3 is 5.97 Å². The predicted octanol–water partition coefficient (Wildman–Crippen LogP) is 0.565. The number of aromatic nitrogens is 1. The molecule has 1 saturated heterocycles. The normalized spacial score (nSPS) is 20.1. The molecule has 1 unspecified atom stereocenters. The molecule has 0 saturated carbocycles. The van der Waals surface area contributed by atoms with Crippen molar-refractivity contribution in [2.24, 2.45) is 11.7 Å². The molecule has 0 bridgehead atoms. The van der Waals surface area contributed by atoms with E-state index in [9.17, 15) is 4.79 Å². The molecule has 5 nitrogen and oxygen atoms in total. The van der Waals surface area contributed by atoms with E-state index in [1.807, 2.05) is 0 Å². The summed E-state index contributed by atoms with van der Waals surface area (Å²) >= 11 is 0. The monoisotopic (exact) mass is 221 g/mol. The average molecular weight is 221 g/mol. The van der Waals surface area contributed by atoms with Crippen LogP contribution in [0.3, 0.4) is 0 Å². The first-order chi connectivity index (χ1) is 7.70. The summed E-state index contributed by atoms with van der Waals surface area (Å²) in [6, 6.07) is 3.11. The Balaban J connectivity index is 2.15. The van der Waals surface area contributed by atoms with Crippen LogP contribution in [0, 0.1) is 5.92 Å². The van der Waals surface area contributed by atoms with Gasteiger partial charge in [0, 0.05) is 19.3 Å². The minimum Gasteiger partial charge on any atom is -0.478 e. The largest absolute Gasteiger partial charge is 0.478 e. The molecule has 2 rings (SSSR count). The van der Waals surface area contributed by atoms with Gasteiger partial charge in [0.1, 0.15) is 5.82 Å². The zero-order chi connectivity index (χ0) is 11.5. The highest BCUT2D eigenvalue weighted by molar-refractivity contribution is 5.88. The summed E-state index contributed by atoms with van der Waals surface area (Å²) in [5.41, 5.74) is 5.89. The molecule has 0 amide bonds. The van der Waals surface area contributed by atoms with Crippen molar-refractivity contribution in [3.05, 3.63) is 23.9 Å². The fourth-order valence-electron chi connectivity index (χ4n) is 1.96. The van der Waals surface area contributed by atoms with Crippen molar-refractivity contribution in [3.8, 4) is 0 Å². The number of carbonyl (C=O) groups is 1. The zero-order valence-electron chi connectivity index (χ0n) is 8.97. The number of anilines is 1. The maximum atomic E-state index is 10.8. The van der Waals surface area contributed by atoms with Gasteiger partial charge in [-0.3, -0.25) is 0 Å². The summed E-state index contributed by atoms with van der Waals surface area (Å²) in [7, 11) is 0. The van der Waals surface area contributed by atoms with E-state index >= 15 is 0 Å². The minimum atomic E-state index is -0.918. The molecule has 0 aliphatic carbocycles. The Morgan fingerprint density at radius 2 is 2.50 bits per heavy atom. The molecule has 5 heteroatoms. The van der Waals surface area contributed by atoms with Crippen molar-refractivity contribution >= 4 is 11.8 Å². The minimum absolute atomic E-state index is 0.279. The number of hydrogen-bond acceptors (Lipinski definition) is 4. The third kappa shape index (κ3) is 2.14. The standard InChI is InChI=1S/C11H15N3O2/c12-6-8-2-4-14(7-8)10-5-9(11(15)16)1-3-13-10/h1,3,5,8H,2,4,6-7,12H2,(H,15,16). The molecule has 1 aliphatic rings. The third-order valence-electron chi connectivity index (χ3n) is 2.94. The Kier molecular flexibility index (Phi) is 3.05. The van der Waals surface area contributed by atoms with E-state index in [0.29, 0.717) is 12.5 Å². The highest BCUT2D eigenvalue weighted by atomic mass is 16.4. The quantitative estimate of drug-likeness (QED) is 0.779. The second-order valence-electron chi connectivity index (χ2n) is 4.04. The molecule has 1 fully saturated rings. The Morgan fingerprint density at radius 3 is 3.12 bits per heavy atom. The van der Waals surface area contributed by atoms with Gasteiger partial charge in [-0.1, -0.05) is 0 Å². The number of aromatic carboxylic acids is 1. The van der Waals surface area contributed by atoms with E-state index in [-0.39, 0.29) is 5.56 Å². The van der Waals surface area contributed by atoms with Gasteiger partial charge in [0.15, 0.2) is 0 Å². The summed E-state index contributed by atoms with van der Waals surface area (Å²) < 4.78 is 0. The van der Waals surface area contributed by atoms with Crippen LogP contribution in [-0.2, 0) is 0 Å². The SMILES string of the molecule is NCC1CCN(c2cc(C(=O)O)ccn2)C1. The molecule has 2 heterocycles. The van der Waals surface area contributed by atoms with E-state index in [0.717, 1.165) is 25.3 Å². The van der Waals surface area contributed by atoms with Gasteiger partial charge in [0.05, 0.1) is 5.56 Å². The van der Waals surface area contributed by atoms with Crippen LogP contribution in [0.1, 0.15) is 16.8 Å². The van der Waals surface area contributed by atoms with Gasteiger partial charge in [-0.25, -0.2) is 9.78 Å². The van der Waals surface area contributed by atoms with Gasteiger partial charge in [-0.2, -0.15) is 0 Å². The third-order valence-corrected chi connectivity index (χ3v) is 2.94. The van der Waals surface area contributed by atoms with Crippen LogP contribution < -0.4 is 10.6 Å². The summed E-state index contributed by atoms with van der Waals surface area (Å²) in [6.07, 6.45) is 2.59. The lowest BCUT2D eigenvalue weighted by molar-refractivity contribution is 0.0697. The smallest absolute Gasteiger partial charge is 0.335 e. The highest BCUT2D eigenvalue weighted by Crippen LogP contribution is 2.21. The van der Waals surface area contributed by atoms with E-state index in [1.165, 1.54) is 12.3 Å². The first-order valence-corrected chi connectivity index (χ1v) is 5.35. The predicted molar refractivity (Wildman–Crippen MR) is 60.6 cm³/mol. The number of pyridine rings is 1. The average Bonchev–Trinajstić information content (AvgIpc) is 2.77. The maximum Gasteiger partial charge on any atom is 0.335 e. The first-order valence-electron chi connectivity index (χ1n) is 5.35. The number of carboxylic acid groups (broad SMARTS) is 1. The fraction of sp³-hybridized carbons (Fsp3) is 0.455. The number of nitrogens with two attached hydrogens (primary N) is 1. The van der Waals surface area contributed by atoms with Gasteiger partial charge in [-0.05, 0) is 31.0 Å². The molecular weight excluding hydrogens is 206 g/mol. The first kappa shape index (κ1) is 10.9. The summed E-state index contributed by atoms with van der Waals surface area (Å²) in [6.45, 7) is 2.44. The van der Waals surface area contributed by atoms with E-state index in [4.69, 9.17) is 10.8 Å². The van der Waals surface area contributed by atoms with Gasteiger partial charge in [-0.15, -0.1) is 0 Å². The molecule has 1 aromatic heterocycles. The molecule has 0 aromatic carbocycles. The Bertz CT molecular complexity index is 395. The van der Waals surface area contributed by atoms with Crippen LogP contribution in [0.5, 0.6) is 0 Å². The lowest BCUT2D eigenvalue weighted by Gasteiger charge is -2.17. The molecule has 1 aromatic rings. The van der Waals surface area contributed by atoms with Crippen molar-refractivity contribution in [3.63, 3.8) is 0 Å². The maximum absolute atomic E-state index is 10.8. The van der Waals surface area contributed by atoms with Crippen molar-refractivity contribution < 1.29 is 9.90 Å². The number of hydrogen-bond donors (Lipinski definition) is 2. The van der Waals surface area contributed by atoms with Crippen LogP contribution in [0.2, 0.25) is 0 Å². The van der Waals surface area contributed by atoms with Crippen molar-refractivity contribution in [2.45, 2.75) is 6.42 Å². The van der Waals surface area contributed by atoms with Crippen molar-refractivity contribution in [1.82, 2.24) is 4.98 Å². The highest BCUT2D eigenvalue weighted by Gasteiger charge is 2.22. The Morgan fingerprint density at radius 1 is 1.69 bits per heavy atom. The molecule has 3 N–H and O–H groups in total. The van der Waals surface area contributed by atoms with E-state index in [2.05, 4.69) is 9.88 Å². The number of rotatable bonds is 3. The zero-order valence-corrected chi connectivity index (χ0v) is 8.97. The van der Waals surface area contributed by atoms with Crippen molar-refractivity contribution in [2.75, 3.05) is 24.5 Å². The lowest BCUT2D eigenvalue weighted by atomic mass is 10.1. The second-order valence-corrected chi connectivity index (χ2v) is 4.04. The number of nitrogens with zero attached hydrogens (tertiary/aromatic N) is 2. The van der Waals surface area contributed by atoms with Gasteiger partial charge < -0.3 is 15.7 Å². The number of carboxylic acids is 1. The van der Waals surface area contributed by atoms with Crippen LogP contribution in [0.4, 0.5) is 5.82 Å². The molecule has 0 radical (unpaired) electrons. The van der Waals surface area contributed by atoms with Crippen LogP contribution in [0.25, 0.3) is 0 Å². The molecule has 16 heavy (non-hydrogen) atoms. The topological polar surface area (TPSA) is 79.5 Å². The lowest BCUT2D eigenvalue weighted by Crippen LogP contribution is -2.23. The molecule has 1 aliphatic heterocycles. The Labute approximate surface area is 93.9 Å². The summed E-state index contributed by atoms with van der Waals surface area (Å²) in [5.74, 6) is 0.310. The van der Waals surface area contributed by atoms with E-state index in [1.54, 1.807) is 6.07 Å². The van der Waals surface area contributed by atoms with E-state index < -0.39 is 5.97 Å². The molecule has 0 spiro atoms. The van der Waals surface area contributed by atoms with Crippen LogP contribution in [0.15, 0.2) is 18.3 Å². The van der Waals surface area contributed by atoms with Gasteiger partial charge in [0.25, 0.3) is 0 Å². The second kappa shape index (κ2) is 4.49. The Hall–Kier alpha value is -1.62. The molecule has 86 valence electrons. The van der Waals surface area contributed by atoms with Crippen LogP contribution >= 0.6 is 0 Å². The molecular formula is C11H15N3O2. The fourth-order valence-corrected chi connectivity index (χ4v) is 1.96. The van der Waals surface area contributed by atoms with Gasteiger partial charge in [0.2, 0.25) is 0 Å².